The van der Waals surface area contributed by atoms with Gasteiger partial charge in [0.15, 0.2) is 0 Å². The average Bonchev–Trinajstić information content (AvgIpc) is 2.96. The molecule has 2 nitrogen and oxygen atoms in total. The molecule has 0 saturated carbocycles. The molecule has 1 aliphatic carbocycles. The Bertz CT molecular complexity index is 437. The van der Waals surface area contributed by atoms with Crippen LogP contribution in [0.4, 0.5) is 0 Å². The van der Waals surface area contributed by atoms with Crippen molar-refractivity contribution in [3.05, 3.63) is 34.9 Å². The molecule has 1 fully saturated rings. The summed E-state index contributed by atoms with van der Waals surface area (Å²) in [5, 5.41) is 3.79. The summed E-state index contributed by atoms with van der Waals surface area (Å²) in [4.78, 5) is 0. The van der Waals surface area contributed by atoms with Crippen molar-refractivity contribution >= 4 is 0 Å². The third-order valence-corrected chi connectivity index (χ3v) is 4.83. The second kappa shape index (κ2) is 6.73. The van der Waals surface area contributed by atoms with Gasteiger partial charge in [0.25, 0.3) is 0 Å². The van der Waals surface area contributed by atoms with E-state index in [1.54, 1.807) is 11.1 Å². The summed E-state index contributed by atoms with van der Waals surface area (Å²) in [6.07, 6.45) is 7.47. The zero-order valence-corrected chi connectivity index (χ0v) is 12.7. The Morgan fingerprint density at radius 3 is 2.80 bits per heavy atom. The van der Waals surface area contributed by atoms with Gasteiger partial charge in [0.2, 0.25) is 0 Å². The van der Waals surface area contributed by atoms with E-state index in [0.717, 1.165) is 25.7 Å². The number of hydrogen-bond acceptors (Lipinski definition) is 2. The number of aryl methyl sites for hydroxylation is 2. The van der Waals surface area contributed by atoms with E-state index in [0.29, 0.717) is 6.04 Å². The lowest BCUT2D eigenvalue weighted by molar-refractivity contribution is 0.0536. The molecule has 1 aliphatic heterocycles. The van der Waals surface area contributed by atoms with E-state index in [9.17, 15) is 0 Å². The molecule has 110 valence electrons. The molecule has 2 aliphatic rings. The zero-order valence-electron chi connectivity index (χ0n) is 12.7. The van der Waals surface area contributed by atoms with Crippen LogP contribution in [-0.4, -0.2) is 19.8 Å². The molecular formula is C18H27NO. The molecule has 1 aromatic carbocycles. The van der Waals surface area contributed by atoms with Gasteiger partial charge in [0, 0.05) is 19.3 Å². The lowest BCUT2D eigenvalue weighted by Crippen LogP contribution is -2.32. The zero-order chi connectivity index (χ0) is 13.8. The quantitative estimate of drug-likeness (QED) is 0.884. The Labute approximate surface area is 122 Å². The smallest absolute Gasteiger partial charge is 0.0469 e. The first-order valence-electron chi connectivity index (χ1n) is 8.31. The van der Waals surface area contributed by atoms with E-state index in [1.807, 2.05) is 0 Å². The van der Waals surface area contributed by atoms with Gasteiger partial charge in [0.05, 0.1) is 0 Å². The van der Waals surface area contributed by atoms with Crippen LogP contribution in [0.25, 0.3) is 0 Å². The molecule has 1 heterocycles. The highest BCUT2D eigenvalue weighted by Crippen LogP contribution is 2.33. The van der Waals surface area contributed by atoms with Crippen LogP contribution in [0.5, 0.6) is 0 Å². The van der Waals surface area contributed by atoms with Gasteiger partial charge in [-0.2, -0.15) is 0 Å². The Hall–Kier alpha value is -0.860. The van der Waals surface area contributed by atoms with E-state index in [4.69, 9.17) is 4.74 Å². The van der Waals surface area contributed by atoms with Crippen molar-refractivity contribution < 1.29 is 4.74 Å². The molecule has 0 aromatic heterocycles. The highest BCUT2D eigenvalue weighted by Gasteiger charge is 2.25. The monoisotopic (exact) mass is 273 g/mol. The molecule has 2 heteroatoms. The third kappa shape index (κ3) is 3.07. The molecule has 0 spiro atoms. The maximum atomic E-state index is 5.54. The second-order valence-electron chi connectivity index (χ2n) is 6.26. The minimum Gasteiger partial charge on any atom is -0.381 e. The maximum Gasteiger partial charge on any atom is 0.0469 e. The van der Waals surface area contributed by atoms with E-state index < -0.39 is 0 Å². The molecule has 20 heavy (non-hydrogen) atoms. The van der Waals surface area contributed by atoms with Gasteiger partial charge in [0.1, 0.15) is 0 Å². The van der Waals surface area contributed by atoms with Crippen LogP contribution < -0.4 is 5.32 Å². The molecule has 3 rings (SSSR count). The fraction of sp³-hybridized carbons (Fsp3) is 0.667. The minimum atomic E-state index is 0.518. The molecule has 1 N–H and O–H groups in total. The Morgan fingerprint density at radius 2 is 2.00 bits per heavy atom. The molecule has 0 radical (unpaired) electrons. The van der Waals surface area contributed by atoms with Crippen molar-refractivity contribution in [2.45, 2.75) is 51.5 Å². The SMILES string of the molecule is CCCNC(c1ccc2c(c1)CCC2)C1CCOCC1. The number of nitrogens with one attached hydrogen (secondary N) is 1. The van der Waals surface area contributed by atoms with Gasteiger partial charge in [-0.05, 0) is 67.7 Å². The maximum absolute atomic E-state index is 5.54. The van der Waals surface area contributed by atoms with E-state index in [-0.39, 0.29) is 0 Å². The Kier molecular flexibility index (Phi) is 4.74. The van der Waals surface area contributed by atoms with E-state index in [2.05, 4.69) is 30.4 Å². The van der Waals surface area contributed by atoms with Crippen LogP contribution in [0.2, 0.25) is 0 Å². The first kappa shape index (κ1) is 14.1. The molecule has 0 amide bonds. The molecule has 0 bridgehead atoms. The summed E-state index contributed by atoms with van der Waals surface area (Å²) in [7, 11) is 0. The first-order chi connectivity index (χ1) is 9.88. The molecule has 1 saturated heterocycles. The number of ether oxygens (including phenoxy) is 1. The average molecular weight is 273 g/mol. The molecule has 1 aromatic rings. The molecular weight excluding hydrogens is 246 g/mol. The summed E-state index contributed by atoms with van der Waals surface area (Å²) in [5.41, 5.74) is 4.68. The van der Waals surface area contributed by atoms with Crippen molar-refractivity contribution in [3.63, 3.8) is 0 Å². The number of benzene rings is 1. The second-order valence-corrected chi connectivity index (χ2v) is 6.26. The number of fused-ring (bicyclic) bond motifs is 1. The molecule has 1 atom stereocenters. The van der Waals surface area contributed by atoms with Crippen molar-refractivity contribution in [2.24, 2.45) is 5.92 Å². The van der Waals surface area contributed by atoms with Crippen molar-refractivity contribution in [1.29, 1.82) is 0 Å². The Balaban J connectivity index is 1.80. The largest absolute Gasteiger partial charge is 0.381 e. The first-order valence-corrected chi connectivity index (χ1v) is 8.31. The van der Waals surface area contributed by atoms with Crippen LogP contribution in [-0.2, 0) is 17.6 Å². The number of rotatable bonds is 5. The summed E-state index contributed by atoms with van der Waals surface area (Å²) < 4.78 is 5.54. The fourth-order valence-corrected chi connectivity index (χ4v) is 3.69. The van der Waals surface area contributed by atoms with Gasteiger partial charge in [-0.15, -0.1) is 0 Å². The topological polar surface area (TPSA) is 21.3 Å². The fourth-order valence-electron chi connectivity index (χ4n) is 3.69. The highest BCUT2D eigenvalue weighted by atomic mass is 16.5. The van der Waals surface area contributed by atoms with Crippen molar-refractivity contribution in [1.82, 2.24) is 5.32 Å². The van der Waals surface area contributed by atoms with Gasteiger partial charge < -0.3 is 10.1 Å². The summed E-state index contributed by atoms with van der Waals surface area (Å²) >= 11 is 0. The van der Waals surface area contributed by atoms with E-state index in [1.165, 1.54) is 44.1 Å². The summed E-state index contributed by atoms with van der Waals surface area (Å²) in [6.45, 7) is 5.22. The standard InChI is InChI=1S/C18H27NO/c1-2-10-19-18(15-8-11-20-12-9-15)17-7-6-14-4-3-5-16(14)13-17/h6-7,13,15,18-19H,2-5,8-12H2,1H3. The van der Waals surface area contributed by atoms with Crippen LogP contribution in [0.1, 0.15) is 55.3 Å². The van der Waals surface area contributed by atoms with Gasteiger partial charge in [-0.25, -0.2) is 0 Å². The number of hydrogen-bond donors (Lipinski definition) is 1. The van der Waals surface area contributed by atoms with Gasteiger partial charge in [-0.3, -0.25) is 0 Å². The van der Waals surface area contributed by atoms with Crippen LogP contribution in [0.15, 0.2) is 18.2 Å². The van der Waals surface area contributed by atoms with Crippen LogP contribution >= 0.6 is 0 Å². The van der Waals surface area contributed by atoms with Gasteiger partial charge in [-0.1, -0.05) is 25.1 Å². The predicted molar refractivity (Wildman–Crippen MR) is 83.0 cm³/mol. The van der Waals surface area contributed by atoms with Gasteiger partial charge >= 0.3 is 0 Å². The van der Waals surface area contributed by atoms with Crippen molar-refractivity contribution in [3.8, 4) is 0 Å². The lowest BCUT2D eigenvalue weighted by Gasteiger charge is -2.32. The van der Waals surface area contributed by atoms with Crippen LogP contribution in [0.3, 0.4) is 0 Å². The third-order valence-electron chi connectivity index (χ3n) is 4.83. The summed E-state index contributed by atoms with van der Waals surface area (Å²) in [6, 6.07) is 7.74. The summed E-state index contributed by atoms with van der Waals surface area (Å²) in [5.74, 6) is 0.731. The molecule has 1 unspecified atom stereocenters. The van der Waals surface area contributed by atoms with Crippen LogP contribution in [0, 0.1) is 5.92 Å². The Morgan fingerprint density at radius 1 is 1.20 bits per heavy atom. The normalized spacial score (nSPS) is 20.9. The minimum absolute atomic E-state index is 0.518. The van der Waals surface area contributed by atoms with Crippen molar-refractivity contribution in [2.75, 3.05) is 19.8 Å². The lowest BCUT2D eigenvalue weighted by atomic mass is 9.86. The van der Waals surface area contributed by atoms with E-state index >= 15 is 0 Å². The highest BCUT2D eigenvalue weighted by molar-refractivity contribution is 5.36. The predicted octanol–water partition coefficient (Wildman–Crippen LogP) is 3.64.